The predicted octanol–water partition coefficient (Wildman–Crippen LogP) is 13.3. The Bertz CT molecular complexity index is 1980. The second kappa shape index (κ2) is 34.6. The first-order valence-electron chi connectivity index (χ1n) is 29.2. The molecule has 2 aliphatic heterocycles. The summed E-state index contributed by atoms with van der Waals surface area (Å²) in [6.45, 7) is 16.2. The van der Waals surface area contributed by atoms with Crippen LogP contribution in [-0.2, 0) is 57.1 Å². The Morgan fingerprint density at radius 1 is 0.667 bits per heavy atom. The van der Waals surface area contributed by atoms with Gasteiger partial charge >= 0.3 is 11.9 Å². The highest BCUT2D eigenvalue weighted by atomic mass is 32.2. The fourth-order valence-electron chi connectivity index (χ4n) is 10.9. The first kappa shape index (κ1) is 64.3. The molecule has 0 amide bonds. The van der Waals surface area contributed by atoms with Crippen molar-refractivity contribution in [1.29, 1.82) is 0 Å². The van der Waals surface area contributed by atoms with Gasteiger partial charge in [-0.3, -0.25) is 18.6 Å². The lowest BCUT2D eigenvalue weighted by molar-refractivity contribution is -0.171. The number of unbranched alkanes of at least 4 members (excludes halogenated alkanes) is 10. The quantitative estimate of drug-likeness (QED) is 0.0295. The molecule has 2 unspecified atom stereocenters. The Kier molecular flexibility index (Phi) is 29.7. The summed E-state index contributed by atoms with van der Waals surface area (Å²) in [5, 5.41) is 11.1. The second-order valence-electron chi connectivity index (χ2n) is 22.0. The molecule has 13 nitrogen and oxygen atoms in total. The third-order valence-corrected chi connectivity index (χ3v) is 16.3. The molecule has 0 aromatic heterocycles. The monoisotopic (exact) mass is 1070 g/mol. The van der Waals surface area contributed by atoms with Gasteiger partial charge in [0.2, 0.25) is 0 Å². The number of hydrogen-bond acceptors (Lipinski definition) is 13. The van der Waals surface area contributed by atoms with Crippen molar-refractivity contribution in [2.24, 2.45) is 23.7 Å². The van der Waals surface area contributed by atoms with Crippen molar-refractivity contribution in [2.75, 3.05) is 26.4 Å². The van der Waals surface area contributed by atoms with Crippen molar-refractivity contribution in [1.82, 2.24) is 0 Å². The maximum atomic E-state index is 13.3. The summed E-state index contributed by atoms with van der Waals surface area (Å²) >= 11 is 0. The lowest BCUT2D eigenvalue weighted by Crippen LogP contribution is -2.33. The number of ether oxygens (including phenoxy) is 6. The minimum atomic E-state index is -4.00. The van der Waals surface area contributed by atoms with Crippen LogP contribution in [0.15, 0.2) is 65.6 Å². The van der Waals surface area contributed by atoms with E-state index in [1.54, 1.807) is 30.3 Å². The van der Waals surface area contributed by atoms with Crippen LogP contribution in [0.5, 0.6) is 0 Å². The Balaban J connectivity index is 0.000000339. The zero-order chi connectivity index (χ0) is 54.5. The van der Waals surface area contributed by atoms with Crippen molar-refractivity contribution in [3.63, 3.8) is 0 Å². The van der Waals surface area contributed by atoms with Crippen LogP contribution in [0.2, 0.25) is 0 Å². The van der Waals surface area contributed by atoms with Gasteiger partial charge in [0.1, 0.15) is 0 Å². The van der Waals surface area contributed by atoms with E-state index in [2.05, 4.69) is 32.1 Å². The molecule has 2 heterocycles. The number of rotatable bonds is 35. The summed E-state index contributed by atoms with van der Waals surface area (Å²) in [6, 6.07) is 6.64. The maximum Gasteiger partial charge on any atom is 0.306 e. The number of carbonyl (C=O) groups is 3. The summed E-state index contributed by atoms with van der Waals surface area (Å²) in [5.74, 6) is -1.31. The van der Waals surface area contributed by atoms with Gasteiger partial charge in [-0.1, -0.05) is 113 Å². The van der Waals surface area contributed by atoms with Gasteiger partial charge in [-0.15, -0.1) is 0 Å². The Labute approximate surface area is 452 Å². The third-order valence-electron chi connectivity index (χ3n) is 15.0. The van der Waals surface area contributed by atoms with Gasteiger partial charge in [-0.2, -0.15) is 8.42 Å². The van der Waals surface area contributed by atoms with E-state index >= 15 is 0 Å². The largest absolute Gasteiger partial charge is 0.463 e. The molecule has 14 heteroatoms. The molecule has 6 atom stereocenters. The van der Waals surface area contributed by atoms with Gasteiger partial charge in [0.25, 0.3) is 10.1 Å². The van der Waals surface area contributed by atoms with Crippen LogP contribution in [0.1, 0.15) is 208 Å². The highest BCUT2D eigenvalue weighted by molar-refractivity contribution is 7.86. The number of hydrogen-bond donors (Lipinski definition) is 1. The molecule has 0 bridgehead atoms. The number of carbonyl (C=O) groups excluding carboxylic acids is 3. The molecule has 5 rings (SSSR count). The van der Waals surface area contributed by atoms with E-state index < -0.39 is 33.9 Å². The van der Waals surface area contributed by atoms with Gasteiger partial charge in [0, 0.05) is 50.9 Å². The minimum absolute atomic E-state index is 0.0140. The van der Waals surface area contributed by atoms with Gasteiger partial charge in [-0.05, 0) is 135 Å². The van der Waals surface area contributed by atoms with E-state index in [0.717, 1.165) is 76.2 Å². The molecule has 75 heavy (non-hydrogen) atoms. The van der Waals surface area contributed by atoms with Crippen molar-refractivity contribution in [3.8, 4) is 0 Å². The van der Waals surface area contributed by atoms with Crippen LogP contribution >= 0.6 is 0 Å². The molecule has 1 aromatic rings. The van der Waals surface area contributed by atoms with E-state index in [-0.39, 0.29) is 64.9 Å². The average molecular weight is 1070 g/mol. The Morgan fingerprint density at radius 2 is 1.16 bits per heavy atom. The molecular formula is C61H98O13S. The van der Waals surface area contributed by atoms with Crippen LogP contribution in [0, 0.1) is 30.6 Å². The fraction of sp³-hybridized carbons (Fsp3) is 0.754. The Morgan fingerprint density at radius 3 is 1.67 bits per heavy atom. The van der Waals surface area contributed by atoms with Crippen molar-refractivity contribution < 1.29 is 60.5 Å². The van der Waals surface area contributed by atoms with E-state index in [9.17, 15) is 27.9 Å². The number of aliphatic hydroxyl groups excluding tert-OH is 1. The molecular weight excluding hydrogens is 973 g/mol. The molecule has 426 valence electrons. The second-order valence-corrected chi connectivity index (χ2v) is 23.5. The molecule has 2 saturated heterocycles. The highest BCUT2D eigenvalue weighted by Gasteiger charge is 2.47. The molecule has 1 aromatic carbocycles. The number of aryl methyl sites for hydroxylation is 1. The van der Waals surface area contributed by atoms with Crippen LogP contribution in [-0.4, -0.2) is 93.7 Å². The van der Waals surface area contributed by atoms with Crippen LogP contribution in [0.3, 0.4) is 0 Å². The third kappa shape index (κ3) is 23.7. The van der Waals surface area contributed by atoms with E-state index in [1.165, 1.54) is 44.9 Å². The number of benzene rings is 1. The molecule has 1 saturated carbocycles. The van der Waals surface area contributed by atoms with Crippen molar-refractivity contribution in [3.05, 3.63) is 66.3 Å². The first-order valence-corrected chi connectivity index (χ1v) is 30.6. The summed E-state index contributed by atoms with van der Waals surface area (Å²) in [7, 11) is -4.00. The zero-order valence-corrected chi connectivity index (χ0v) is 48.0. The summed E-state index contributed by atoms with van der Waals surface area (Å²) in [4.78, 5) is 35.9. The first-order chi connectivity index (χ1) is 36.0. The Hall–Kier alpha value is -3.24. The number of ketones is 1. The molecule has 4 aliphatic rings. The molecule has 1 N–H and O–H groups in total. The van der Waals surface area contributed by atoms with Gasteiger partial charge in [0.05, 0.1) is 55.7 Å². The number of esters is 2. The predicted molar refractivity (Wildman–Crippen MR) is 294 cm³/mol. The van der Waals surface area contributed by atoms with Gasteiger partial charge in [0.15, 0.2) is 17.4 Å². The summed E-state index contributed by atoms with van der Waals surface area (Å²) < 4.78 is 67.2. The SMILES string of the molecule is CCCCCCCC1(CC[C@@H]2C(C/C=C\CCCC(=O)OC(C)C)[C@@H](O)C[C@H]2OS(=O)(=O)c2ccc(C)cc2)OCCO1.CCCCCCCC1(CC[C@H]2C=CC(=O)C2C/C=C\CCCC(=O)OC(C)C)OCCO1. The number of allylic oxidation sites excluding steroid dienone is 6. The topological polar surface area (TPSA) is 170 Å². The van der Waals surface area contributed by atoms with E-state index in [4.69, 9.17) is 32.6 Å². The molecule has 0 spiro atoms. The normalized spacial score (nSPS) is 23.3. The summed E-state index contributed by atoms with van der Waals surface area (Å²) in [5.41, 5.74) is 0.966. The van der Waals surface area contributed by atoms with Crippen molar-refractivity contribution in [2.45, 2.75) is 250 Å². The van der Waals surface area contributed by atoms with Crippen LogP contribution < -0.4 is 0 Å². The number of aliphatic hydroxyl groups is 1. The highest BCUT2D eigenvalue weighted by Crippen LogP contribution is 2.44. The average Bonchev–Trinajstić information content (AvgIpc) is 4.17. The van der Waals surface area contributed by atoms with Crippen LogP contribution in [0.25, 0.3) is 0 Å². The van der Waals surface area contributed by atoms with Gasteiger partial charge < -0.3 is 33.5 Å². The van der Waals surface area contributed by atoms with Crippen molar-refractivity contribution >= 4 is 27.8 Å². The lowest BCUT2D eigenvalue weighted by Gasteiger charge is -2.31. The lowest BCUT2D eigenvalue weighted by atomic mass is 9.85. The molecule has 0 radical (unpaired) electrons. The van der Waals surface area contributed by atoms with E-state index in [1.807, 2.05) is 46.8 Å². The standard InChI is InChI=1S/C34H54O8S.C27H44O5/c1-5-6-7-10-13-21-34(39-23-24-40-34)22-20-30-29(14-11-8-9-12-15-33(36)41-26(2)3)31(35)25-32(30)42-43(37,38)28-18-16-27(4)17-19-28;1-4-5-6-9-12-18-27(30-20-21-31-27)19-17-23-15-16-25(28)24(23)13-10-7-8-11-14-26(29)32-22(2)3/h8,11,16-19,26,29-32,35H,5-7,9-10,12-15,20-25H2,1-4H3;7,10,15-16,22-24H,4-6,8-9,11-14,17-21H2,1-3H3/b11-8-;10-7-/t29?,30-,31+,32-;23-,24?/m11/s1. The summed E-state index contributed by atoms with van der Waals surface area (Å²) in [6.07, 6.45) is 32.7. The zero-order valence-electron chi connectivity index (χ0n) is 47.2. The maximum absolute atomic E-state index is 13.3. The molecule has 3 fully saturated rings. The van der Waals surface area contributed by atoms with Gasteiger partial charge in [-0.25, -0.2) is 0 Å². The minimum Gasteiger partial charge on any atom is -0.463 e. The smallest absolute Gasteiger partial charge is 0.306 e. The molecule has 2 aliphatic carbocycles. The fourth-order valence-corrected chi connectivity index (χ4v) is 12.0. The van der Waals surface area contributed by atoms with Crippen LogP contribution in [0.4, 0.5) is 0 Å². The van der Waals surface area contributed by atoms with E-state index in [0.29, 0.717) is 65.0 Å².